The first kappa shape index (κ1) is 34.1. The van der Waals surface area contributed by atoms with Gasteiger partial charge in [-0.2, -0.15) is 26.3 Å². The fourth-order valence-corrected chi connectivity index (χ4v) is 8.07. The largest absolute Gasteiger partial charge is 0.426 e. The van der Waals surface area contributed by atoms with Gasteiger partial charge in [0.2, 0.25) is 0 Å². The molecule has 3 aliphatic rings. The quantitative estimate of drug-likeness (QED) is 0.246. The molecule has 3 rings (SSSR count). The summed E-state index contributed by atoms with van der Waals surface area (Å²) in [5.74, 6) is -0.643. The Hall–Kier alpha value is -1.39. The molecule has 3 aliphatic carbocycles. The van der Waals surface area contributed by atoms with Crippen LogP contribution in [0.1, 0.15) is 98.3 Å². The normalized spacial score (nSPS) is 33.8. The van der Waals surface area contributed by atoms with Gasteiger partial charge in [-0.1, -0.05) is 44.6 Å². The molecule has 3 N–H and O–H groups in total. The van der Waals surface area contributed by atoms with Crippen LogP contribution in [0.25, 0.3) is 0 Å². The average molecular weight is 599 g/mol. The summed E-state index contributed by atoms with van der Waals surface area (Å²) in [5.41, 5.74) is -6.22. The van der Waals surface area contributed by atoms with E-state index in [0.717, 1.165) is 5.57 Å². The predicted molar refractivity (Wildman–Crippen MR) is 144 cm³/mol. The molecular formula is C31H45F7O3. The van der Waals surface area contributed by atoms with E-state index in [1.165, 1.54) is 20.8 Å². The average Bonchev–Trinajstić information content (AvgIpc) is 3.16. The number of allylic oxidation sites excluding steroid dienone is 4. The van der Waals surface area contributed by atoms with E-state index in [0.29, 0.717) is 43.3 Å². The molecule has 0 aromatic rings. The van der Waals surface area contributed by atoms with Gasteiger partial charge in [0, 0.05) is 6.42 Å². The zero-order chi connectivity index (χ0) is 31.2. The van der Waals surface area contributed by atoms with Crippen LogP contribution >= 0.6 is 0 Å². The molecule has 3 fully saturated rings. The summed E-state index contributed by atoms with van der Waals surface area (Å²) in [4.78, 5) is 0. The highest BCUT2D eigenvalue weighted by molar-refractivity contribution is 5.39. The summed E-state index contributed by atoms with van der Waals surface area (Å²) in [6.07, 6.45) is -8.26. The van der Waals surface area contributed by atoms with Crippen LogP contribution in [0.2, 0.25) is 0 Å². The van der Waals surface area contributed by atoms with Crippen LogP contribution in [0.15, 0.2) is 35.5 Å². The highest BCUT2D eigenvalue weighted by atomic mass is 19.4. The second-order valence-corrected chi connectivity index (χ2v) is 13.9. The van der Waals surface area contributed by atoms with Crippen molar-refractivity contribution in [1.29, 1.82) is 0 Å². The van der Waals surface area contributed by atoms with Crippen LogP contribution in [0.4, 0.5) is 30.7 Å². The summed E-state index contributed by atoms with van der Waals surface area (Å²) >= 11 is 0. The molecule has 0 amide bonds. The maximum atomic E-state index is 14.3. The van der Waals surface area contributed by atoms with Gasteiger partial charge < -0.3 is 15.3 Å². The van der Waals surface area contributed by atoms with Crippen molar-refractivity contribution in [3.63, 3.8) is 0 Å². The van der Waals surface area contributed by atoms with Crippen LogP contribution in [-0.2, 0) is 0 Å². The number of fused-ring (bicyclic) bond motifs is 1. The Morgan fingerprint density at radius 1 is 0.976 bits per heavy atom. The third kappa shape index (κ3) is 7.06. The first-order valence-corrected chi connectivity index (χ1v) is 14.5. The lowest BCUT2D eigenvalue weighted by Crippen LogP contribution is -2.60. The van der Waals surface area contributed by atoms with Crippen molar-refractivity contribution in [2.45, 2.75) is 134 Å². The van der Waals surface area contributed by atoms with Crippen molar-refractivity contribution in [2.24, 2.45) is 22.7 Å². The van der Waals surface area contributed by atoms with E-state index in [9.17, 15) is 46.1 Å². The molecular weight excluding hydrogens is 553 g/mol. The summed E-state index contributed by atoms with van der Waals surface area (Å²) in [6.45, 7) is 10.3. The Morgan fingerprint density at radius 3 is 2.15 bits per heavy atom. The summed E-state index contributed by atoms with van der Waals surface area (Å²) in [5, 5.41) is 30.5. The van der Waals surface area contributed by atoms with Crippen molar-refractivity contribution in [1.82, 2.24) is 0 Å². The number of aliphatic hydroxyl groups is 3. The predicted octanol–water partition coefficient (Wildman–Crippen LogP) is 8.30. The van der Waals surface area contributed by atoms with Crippen LogP contribution in [0, 0.1) is 22.7 Å². The maximum absolute atomic E-state index is 14.3. The van der Waals surface area contributed by atoms with Gasteiger partial charge >= 0.3 is 12.4 Å². The van der Waals surface area contributed by atoms with Gasteiger partial charge in [0.25, 0.3) is 5.60 Å². The lowest BCUT2D eigenvalue weighted by molar-refractivity contribution is -0.378. The first-order valence-electron chi connectivity index (χ1n) is 14.5. The number of aliphatic hydroxyl groups excluding tert-OH is 1. The van der Waals surface area contributed by atoms with E-state index < -0.39 is 59.0 Å². The van der Waals surface area contributed by atoms with Gasteiger partial charge in [0.15, 0.2) is 0 Å². The molecule has 0 aromatic heterocycles. The molecule has 3 nitrogen and oxygen atoms in total. The lowest BCUT2D eigenvalue weighted by atomic mass is 9.54. The number of alkyl halides is 7. The van der Waals surface area contributed by atoms with Gasteiger partial charge in [0.1, 0.15) is 6.17 Å². The second-order valence-electron chi connectivity index (χ2n) is 13.9. The van der Waals surface area contributed by atoms with E-state index in [4.69, 9.17) is 0 Å². The monoisotopic (exact) mass is 598 g/mol. The van der Waals surface area contributed by atoms with Crippen LogP contribution in [-0.4, -0.2) is 51.1 Å². The van der Waals surface area contributed by atoms with Gasteiger partial charge in [-0.3, -0.25) is 0 Å². The molecule has 0 aliphatic heterocycles. The summed E-state index contributed by atoms with van der Waals surface area (Å²) in [7, 11) is 0. The first-order chi connectivity index (χ1) is 18.5. The molecule has 6 atom stereocenters. The zero-order valence-corrected chi connectivity index (χ0v) is 24.4. The standard InChI is InChI=1S/C31H45F7O3/c1-19-21(16-22(39)17-24(19)32)10-9-20-8-6-15-28(5)23(20)11-12-25(28)27(4,14-7-13-26(2,3)40)18-29(41,30(33,34)35)31(36,37)38/h9-10,22-25,39-41H,1,6-8,11-18H2,2-5H3/b20-9+,21-10-/t22-,23?,24+,25-,27-,28+/m1/s1. The molecule has 0 spiro atoms. The second kappa shape index (κ2) is 11.6. The Kier molecular flexibility index (Phi) is 9.65. The molecule has 0 aromatic carbocycles. The SMILES string of the molecule is C=C1/C(=C\C=C2/CCC[C@@]3(C)C2CC[C@@H]3[C@](C)(CCCC(C)(C)O)CC(O)(C(F)(F)F)C(F)(F)F)C[C@@H](O)C[C@@H]1F. The zero-order valence-electron chi connectivity index (χ0n) is 24.4. The van der Waals surface area contributed by atoms with E-state index in [2.05, 4.69) is 6.58 Å². The Morgan fingerprint density at radius 2 is 1.59 bits per heavy atom. The van der Waals surface area contributed by atoms with Gasteiger partial charge in [-0.05, 0) is 105 Å². The Balaban J connectivity index is 1.99. The minimum absolute atomic E-state index is 0.0105. The number of rotatable bonds is 8. The van der Waals surface area contributed by atoms with E-state index in [1.54, 1.807) is 6.08 Å². The molecule has 3 saturated carbocycles. The van der Waals surface area contributed by atoms with Gasteiger partial charge in [-0.15, -0.1) is 0 Å². The van der Waals surface area contributed by atoms with Crippen LogP contribution in [0.5, 0.6) is 0 Å². The number of halogens is 7. The highest BCUT2D eigenvalue weighted by Gasteiger charge is 2.72. The Bertz CT molecular complexity index is 1010. The smallest absolute Gasteiger partial charge is 0.393 e. The molecule has 0 saturated heterocycles. The molecule has 0 radical (unpaired) electrons. The van der Waals surface area contributed by atoms with Gasteiger partial charge in [0.05, 0.1) is 11.7 Å². The highest BCUT2D eigenvalue weighted by Crippen LogP contribution is 2.65. The topological polar surface area (TPSA) is 60.7 Å². The molecule has 41 heavy (non-hydrogen) atoms. The number of hydrogen-bond acceptors (Lipinski definition) is 3. The molecule has 0 bridgehead atoms. The van der Waals surface area contributed by atoms with Crippen molar-refractivity contribution < 1.29 is 46.1 Å². The van der Waals surface area contributed by atoms with E-state index >= 15 is 0 Å². The molecule has 1 unspecified atom stereocenters. The van der Waals surface area contributed by atoms with E-state index in [-0.39, 0.29) is 38.0 Å². The van der Waals surface area contributed by atoms with Crippen molar-refractivity contribution in [2.75, 3.05) is 0 Å². The van der Waals surface area contributed by atoms with Crippen molar-refractivity contribution in [3.05, 3.63) is 35.5 Å². The lowest BCUT2D eigenvalue weighted by Gasteiger charge is -2.51. The van der Waals surface area contributed by atoms with Crippen molar-refractivity contribution >= 4 is 0 Å². The number of hydrogen-bond donors (Lipinski definition) is 3. The summed E-state index contributed by atoms with van der Waals surface area (Å²) < 4.78 is 97.7. The third-order valence-electron chi connectivity index (χ3n) is 10.2. The fraction of sp³-hybridized carbons (Fsp3) is 0.806. The summed E-state index contributed by atoms with van der Waals surface area (Å²) in [6, 6.07) is 0. The fourth-order valence-electron chi connectivity index (χ4n) is 8.07. The van der Waals surface area contributed by atoms with Crippen LogP contribution < -0.4 is 0 Å². The van der Waals surface area contributed by atoms with E-state index in [1.807, 2.05) is 13.0 Å². The molecule has 10 heteroatoms. The molecule has 236 valence electrons. The Labute approximate surface area is 238 Å². The van der Waals surface area contributed by atoms with Gasteiger partial charge in [-0.25, -0.2) is 4.39 Å². The minimum Gasteiger partial charge on any atom is -0.393 e. The third-order valence-corrected chi connectivity index (χ3v) is 10.2. The van der Waals surface area contributed by atoms with Crippen LogP contribution in [0.3, 0.4) is 0 Å². The molecule has 0 heterocycles. The maximum Gasteiger partial charge on any atom is 0.426 e. The van der Waals surface area contributed by atoms with Crippen molar-refractivity contribution in [3.8, 4) is 0 Å². The minimum atomic E-state index is -5.91.